The molecule has 3 N–H and O–H groups in total. The molecule has 0 unspecified atom stereocenters. The van der Waals surface area contributed by atoms with E-state index < -0.39 is 10.0 Å². The predicted molar refractivity (Wildman–Crippen MR) is 99.8 cm³/mol. The molecule has 1 aliphatic heterocycles. The van der Waals surface area contributed by atoms with E-state index in [4.69, 9.17) is 5.73 Å². The van der Waals surface area contributed by atoms with Gasteiger partial charge in [-0.3, -0.25) is 4.99 Å². The van der Waals surface area contributed by atoms with Crippen molar-refractivity contribution in [3.8, 4) is 0 Å². The third kappa shape index (κ3) is 4.73. The Kier molecular flexibility index (Phi) is 5.96. The summed E-state index contributed by atoms with van der Waals surface area (Å²) in [7, 11) is -3.37. The van der Waals surface area contributed by atoms with E-state index in [1.165, 1.54) is 25.7 Å². The number of nitrogens with zero attached hydrogens (tertiary/aromatic N) is 2. The summed E-state index contributed by atoms with van der Waals surface area (Å²) >= 11 is 0. The maximum Gasteiger partial charge on any atom is 0.243 e. The van der Waals surface area contributed by atoms with Crippen LogP contribution < -0.4 is 11.1 Å². The second-order valence-corrected chi connectivity index (χ2v) is 8.95. The van der Waals surface area contributed by atoms with E-state index >= 15 is 0 Å². The van der Waals surface area contributed by atoms with Crippen LogP contribution in [0.4, 0.5) is 0 Å². The van der Waals surface area contributed by atoms with Crippen molar-refractivity contribution in [1.82, 2.24) is 9.62 Å². The van der Waals surface area contributed by atoms with Crippen LogP contribution in [0.1, 0.15) is 38.5 Å². The highest BCUT2D eigenvalue weighted by Crippen LogP contribution is 2.24. The molecule has 0 aromatic heterocycles. The number of sulfonamides is 1. The third-order valence-corrected chi connectivity index (χ3v) is 7.09. The zero-order chi connectivity index (χ0) is 17.7. The van der Waals surface area contributed by atoms with Gasteiger partial charge in [0.05, 0.1) is 4.90 Å². The number of nitrogens with one attached hydrogen (secondary N) is 1. The molecular formula is C18H28N4O2S. The van der Waals surface area contributed by atoms with Gasteiger partial charge in [0.25, 0.3) is 0 Å². The van der Waals surface area contributed by atoms with Gasteiger partial charge in [-0.2, -0.15) is 4.31 Å². The van der Waals surface area contributed by atoms with Gasteiger partial charge in [-0.1, -0.05) is 31.0 Å². The van der Waals surface area contributed by atoms with Crippen molar-refractivity contribution in [3.05, 3.63) is 30.3 Å². The fraction of sp³-hybridized carbons (Fsp3) is 0.611. The summed E-state index contributed by atoms with van der Waals surface area (Å²) in [5, 5.41) is 3.29. The molecule has 0 amide bonds. The quantitative estimate of drug-likeness (QED) is 0.617. The Labute approximate surface area is 150 Å². The molecule has 0 bridgehead atoms. The van der Waals surface area contributed by atoms with E-state index in [0.717, 1.165) is 12.8 Å². The topological polar surface area (TPSA) is 87.8 Å². The van der Waals surface area contributed by atoms with Gasteiger partial charge in [0.1, 0.15) is 0 Å². The zero-order valence-electron chi connectivity index (χ0n) is 14.6. The molecule has 0 atom stereocenters. The summed E-state index contributed by atoms with van der Waals surface area (Å²) in [6.07, 6.45) is 6.52. The lowest BCUT2D eigenvalue weighted by Gasteiger charge is -2.30. The van der Waals surface area contributed by atoms with Crippen LogP contribution in [0.3, 0.4) is 0 Å². The molecule has 1 saturated carbocycles. The molecule has 138 valence electrons. The third-order valence-electron chi connectivity index (χ3n) is 5.18. The summed E-state index contributed by atoms with van der Waals surface area (Å²) in [6, 6.07) is 9.12. The second kappa shape index (κ2) is 8.19. The number of hydrogen-bond acceptors (Lipinski definition) is 3. The molecule has 1 aromatic carbocycles. The summed E-state index contributed by atoms with van der Waals surface area (Å²) in [5.74, 6) is 0.928. The van der Waals surface area contributed by atoms with E-state index in [2.05, 4.69) is 10.3 Å². The SMILES string of the molecule is NC(=NCC1CCN(S(=O)(=O)c2ccccc2)CC1)NC1CCCC1. The van der Waals surface area contributed by atoms with Gasteiger partial charge < -0.3 is 11.1 Å². The maximum atomic E-state index is 12.6. The first-order chi connectivity index (χ1) is 12.1. The highest BCUT2D eigenvalue weighted by molar-refractivity contribution is 7.89. The Hall–Kier alpha value is -1.60. The molecule has 1 heterocycles. The standard InChI is InChI=1S/C18H28N4O2S/c19-18(21-16-6-4-5-7-16)20-14-15-10-12-22(13-11-15)25(23,24)17-8-2-1-3-9-17/h1-3,8-9,15-16H,4-7,10-14H2,(H3,19,20,21). The molecule has 7 heteroatoms. The van der Waals surface area contributed by atoms with Crippen molar-refractivity contribution in [1.29, 1.82) is 0 Å². The van der Waals surface area contributed by atoms with Crippen LogP contribution in [-0.4, -0.2) is 44.4 Å². The lowest BCUT2D eigenvalue weighted by Crippen LogP contribution is -2.40. The van der Waals surface area contributed by atoms with Gasteiger partial charge in [0, 0.05) is 25.7 Å². The average molecular weight is 365 g/mol. The van der Waals surface area contributed by atoms with Gasteiger partial charge in [-0.05, 0) is 43.7 Å². The summed E-state index contributed by atoms with van der Waals surface area (Å²) in [5.41, 5.74) is 5.98. The smallest absolute Gasteiger partial charge is 0.243 e. The Bertz CT molecular complexity index is 676. The molecule has 25 heavy (non-hydrogen) atoms. The molecule has 1 aromatic rings. The zero-order valence-corrected chi connectivity index (χ0v) is 15.4. The van der Waals surface area contributed by atoms with Crippen molar-refractivity contribution in [3.63, 3.8) is 0 Å². The molecular weight excluding hydrogens is 336 g/mol. The predicted octanol–water partition coefficient (Wildman–Crippen LogP) is 1.93. The Morgan fingerprint density at radius 3 is 2.40 bits per heavy atom. The molecule has 6 nitrogen and oxygen atoms in total. The Morgan fingerprint density at radius 1 is 1.12 bits per heavy atom. The van der Waals surface area contributed by atoms with Crippen LogP contribution in [0.2, 0.25) is 0 Å². The lowest BCUT2D eigenvalue weighted by atomic mass is 9.98. The molecule has 0 radical (unpaired) electrons. The Balaban J connectivity index is 1.48. The number of aliphatic imine (C=N–C) groups is 1. The first-order valence-electron chi connectivity index (χ1n) is 9.17. The summed E-state index contributed by atoms with van der Waals surface area (Å²) in [4.78, 5) is 4.84. The first-order valence-corrected chi connectivity index (χ1v) is 10.6. The number of hydrogen-bond donors (Lipinski definition) is 2. The molecule has 3 rings (SSSR count). The maximum absolute atomic E-state index is 12.6. The molecule has 2 fully saturated rings. The molecule has 2 aliphatic rings. The minimum atomic E-state index is -3.37. The van der Waals surface area contributed by atoms with E-state index in [0.29, 0.717) is 42.4 Å². The van der Waals surface area contributed by atoms with Gasteiger partial charge in [-0.15, -0.1) is 0 Å². The second-order valence-electron chi connectivity index (χ2n) is 7.01. The normalized spacial score (nSPS) is 21.5. The molecule has 0 spiro atoms. The van der Waals surface area contributed by atoms with Crippen molar-refractivity contribution in [2.45, 2.75) is 49.5 Å². The number of nitrogens with two attached hydrogens (primary N) is 1. The highest BCUT2D eigenvalue weighted by Gasteiger charge is 2.29. The summed E-state index contributed by atoms with van der Waals surface area (Å²) < 4.78 is 26.8. The fourth-order valence-corrected chi connectivity index (χ4v) is 5.12. The van der Waals surface area contributed by atoms with Crippen LogP contribution >= 0.6 is 0 Å². The minimum absolute atomic E-state index is 0.372. The van der Waals surface area contributed by atoms with Gasteiger partial charge in [0.2, 0.25) is 10.0 Å². The average Bonchev–Trinajstić information content (AvgIpc) is 3.14. The van der Waals surface area contributed by atoms with Crippen molar-refractivity contribution in [2.24, 2.45) is 16.6 Å². The minimum Gasteiger partial charge on any atom is -0.370 e. The summed E-state index contributed by atoms with van der Waals surface area (Å²) in [6.45, 7) is 1.77. The van der Waals surface area contributed by atoms with Crippen LogP contribution in [0, 0.1) is 5.92 Å². The van der Waals surface area contributed by atoms with Gasteiger partial charge >= 0.3 is 0 Å². The van der Waals surface area contributed by atoms with Crippen molar-refractivity contribution in [2.75, 3.05) is 19.6 Å². The van der Waals surface area contributed by atoms with Crippen LogP contribution in [0.25, 0.3) is 0 Å². The van der Waals surface area contributed by atoms with Crippen molar-refractivity contribution < 1.29 is 8.42 Å². The highest BCUT2D eigenvalue weighted by atomic mass is 32.2. The van der Waals surface area contributed by atoms with E-state index in [9.17, 15) is 8.42 Å². The number of benzene rings is 1. The lowest BCUT2D eigenvalue weighted by molar-refractivity contribution is 0.278. The van der Waals surface area contributed by atoms with Crippen LogP contribution in [0.5, 0.6) is 0 Å². The van der Waals surface area contributed by atoms with Gasteiger partial charge in [-0.25, -0.2) is 8.42 Å². The fourth-order valence-electron chi connectivity index (χ4n) is 3.63. The van der Waals surface area contributed by atoms with Gasteiger partial charge in [0.15, 0.2) is 5.96 Å². The van der Waals surface area contributed by atoms with E-state index in [-0.39, 0.29) is 0 Å². The Morgan fingerprint density at radius 2 is 1.76 bits per heavy atom. The van der Waals surface area contributed by atoms with Crippen molar-refractivity contribution >= 4 is 16.0 Å². The number of piperidine rings is 1. The molecule has 1 saturated heterocycles. The largest absolute Gasteiger partial charge is 0.370 e. The first kappa shape index (κ1) is 18.2. The van der Waals surface area contributed by atoms with Crippen LogP contribution in [0.15, 0.2) is 40.2 Å². The number of guanidine groups is 1. The van der Waals surface area contributed by atoms with Crippen LogP contribution in [-0.2, 0) is 10.0 Å². The van der Waals surface area contributed by atoms with E-state index in [1.54, 1.807) is 28.6 Å². The monoisotopic (exact) mass is 364 g/mol. The number of rotatable bonds is 5. The van der Waals surface area contributed by atoms with E-state index in [1.807, 2.05) is 6.07 Å². The molecule has 1 aliphatic carbocycles.